The Morgan fingerprint density at radius 3 is 2.47 bits per heavy atom. The van der Waals surface area contributed by atoms with Crippen molar-refractivity contribution < 1.29 is 8.42 Å². The molecule has 5 nitrogen and oxygen atoms in total. The summed E-state index contributed by atoms with van der Waals surface area (Å²) in [6.07, 6.45) is 0. The highest BCUT2D eigenvalue weighted by molar-refractivity contribution is 7.89. The molecule has 6 heteroatoms. The molecule has 0 aliphatic carbocycles. The van der Waals surface area contributed by atoms with Crippen LogP contribution in [-0.4, -0.2) is 45.9 Å². The molecule has 0 atom stereocenters. The first-order chi connectivity index (χ1) is 8.01. The van der Waals surface area contributed by atoms with Crippen molar-refractivity contribution in [3.63, 3.8) is 0 Å². The van der Waals surface area contributed by atoms with Crippen LogP contribution in [0.3, 0.4) is 0 Å². The second-order valence-electron chi connectivity index (χ2n) is 4.28. The van der Waals surface area contributed by atoms with Gasteiger partial charge in [-0.15, -0.1) is 0 Å². The van der Waals surface area contributed by atoms with Gasteiger partial charge in [-0.1, -0.05) is 12.1 Å². The van der Waals surface area contributed by atoms with Gasteiger partial charge in [0.25, 0.3) is 0 Å². The number of rotatable bonds is 4. The van der Waals surface area contributed by atoms with Gasteiger partial charge in [0.2, 0.25) is 10.0 Å². The molecule has 2 rings (SSSR count). The van der Waals surface area contributed by atoms with Crippen LogP contribution >= 0.6 is 0 Å². The lowest BCUT2D eigenvalue weighted by Crippen LogP contribution is -2.51. The van der Waals surface area contributed by atoms with E-state index < -0.39 is 10.0 Å². The molecule has 1 aromatic rings. The maximum absolute atomic E-state index is 12.1. The number of para-hydroxylation sites is 1. The van der Waals surface area contributed by atoms with Crippen LogP contribution in [0.1, 0.15) is 0 Å². The van der Waals surface area contributed by atoms with E-state index in [0.29, 0.717) is 16.6 Å². The zero-order valence-corrected chi connectivity index (χ0v) is 10.8. The van der Waals surface area contributed by atoms with E-state index in [2.05, 4.69) is 10.6 Å². The number of hydrogen-bond donors (Lipinski definition) is 2. The number of anilines is 1. The SMILES string of the molecule is CN(C)S(=O)(=O)c1ccccc1NC1CNC1. The van der Waals surface area contributed by atoms with Crippen LogP contribution in [0.2, 0.25) is 0 Å². The summed E-state index contributed by atoms with van der Waals surface area (Å²) < 4.78 is 25.5. The van der Waals surface area contributed by atoms with Crippen molar-refractivity contribution in [3.8, 4) is 0 Å². The predicted molar refractivity (Wildman–Crippen MR) is 67.6 cm³/mol. The highest BCUT2D eigenvalue weighted by Crippen LogP contribution is 2.24. The van der Waals surface area contributed by atoms with Crippen molar-refractivity contribution in [1.29, 1.82) is 0 Å². The van der Waals surface area contributed by atoms with Crippen LogP contribution in [0.4, 0.5) is 5.69 Å². The molecule has 94 valence electrons. The average Bonchev–Trinajstić information content (AvgIpc) is 2.23. The summed E-state index contributed by atoms with van der Waals surface area (Å²) in [5.74, 6) is 0. The lowest BCUT2D eigenvalue weighted by Gasteiger charge is -2.30. The van der Waals surface area contributed by atoms with Gasteiger partial charge in [-0.05, 0) is 12.1 Å². The van der Waals surface area contributed by atoms with Crippen LogP contribution < -0.4 is 10.6 Å². The molecule has 1 heterocycles. The zero-order chi connectivity index (χ0) is 12.5. The van der Waals surface area contributed by atoms with Crippen LogP contribution in [0.5, 0.6) is 0 Å². The first-order valence-corrected chi connectivity index (χ1v) is 6.94. The molecule has 17 heavy (non-hydrogen) atoms. The Morgan fingerprint density at radius 2 is 1.94 bits per heavy atom. The summed E-state index contributed by atoms with van der Waals surface area (Å²) in [5, 5.41) is 6.38. The summed E-state index contributed by atoms with van der Waals surface area (Å²) in [6.45, 7) is 1.74. The second kappa shape index (κ2) is 4.64. The Bertz CT molecular complexity index is 495. The fourth-order valence-corrected chi connectivity index (χ4v) is 2.67. The zero-order valence-electron chi connectivity index (χ0n) is 9.97. The molecule has 1 aliphatic rings. The summed E-state index contributed by atoms with van der Waals surface area (Å²) in [5.41, 5.74) is 0.674. The average molecular weight is 255 g/mol. The smallest absolute Gasteiger partial charge is 0.244 e. The summed E-state index contributed by atoms with van der Waals surface area (Å²) in [4.78, 5) is 0.330. The third kappa shape index (κ3) is 2.43. The lowest BCUT2D eigenvalue weighted by molar-refractivity contribution is 0.471. The van der Waals surface area contributed by atoms with Gasteiger partial charge < -0.3 is 10.6 Å². The molecule has 0 saturated carbocycles. The number of nitrogens with zero attached hydrogens (tertiary/aromatic N) is 1. The molecular weight excluding hydrogens is 238 g/mol. The maximum atomic E-state index is 12.1. The van der Waals surface area contributed by atoms with E-state index in [0.717, 1.165) is 13.1 Å². The van der Waals surface area contributed by atoms with E-state index in [9.17, 15) is 8.42 Å². The Balaban J connectivity index is 2.33. The molecule has 1 aliphatic heterocycles. The highest BCUT2D eigenvalue weighted by atomic mass is 32.2. The van der Waals surface area contributed by atoms with Gasteiger partial charge in [0.15, 0.2) is 0 Å². The quantitative estimate of drug-likeness (QED) is 0.813. The molecule has 0 radical (unpaired) electrons. The fraction of sp³-hybridized carbons (Fsp3) is 0.455. The predicted octanol–water partition coefficient (Wildman–Crippen LogP) is 0.321. The maximum Gasteiger partial charge on any atom is 0.244 e. The molecule has 0 bridgehead atoms. The molecule has 0 unspecified atom stereocenters. The molecule has 2 N–H and O–H groups in total. The van der Waals surface area contributed by atoms with Crippen LogP contribution in [-0.2, 0) is 10.0 Å². The minimum absolute atomic E-state index is 0.313. The van der Waals surface area contributed by atoms with Crippen molar-refractivity contribution in [2.75, 3.05) is 32.5 Å². The monoisotopic (exact) mass is 255 g/mol. The molecule has 1 saturated heterocycles. The van der Waals surface area contributed by atoms with Crippen molar-refractivity contribution in [1.82, 2.24) is 9.62 Å². The van der Waals surface area contributed by atoms with E-state index in [1.165, 1.54) is 18.4 Å². The largest absolute Gasteiger partial charge is 0.379 e. The van der Waals surface area contributed by atoms with E-state index in [1.807, 2.05) is 6.07 Å². The molecule has 1 fully saturated rings. The Hall–Kier alpha value is -1.11. The van der Waals surface area contributed by atoms with E-state index in [4.69, 9.17) is 0 Å². The van der Waals surface area contributed by atoms with Crippen molar-refractivity contribution in [2.24, 2.45) is 0 Å². The first-order valence-electron chi connectivity index (χ1n) is 5.50. The number of sulfonamides is 1. The molecule has 0 spiro atoms. The van der Waals surface area contributed by atoms with Crippen LogP contribution in [0.15, 0.2) is 29.2 Å². The minimum atomic E-state index is -3.39. The standard InChI is InChI=1S/C11H17N3O2S/c1-14(2)17(15,16)11-6-4-3-5-10(11)13-9-7-12-8-9/h3-6,9,12-13H,7-8H2,1-2H3. The second-order valence-corrected chi connectivity index (χ2v) is 6.40. The Kier molecular flexibility index (Phi) is 3.37. The normalized spacial score (nSPS) is 16.9. The Labute approximate surface area is 102 Å². The van der Waals surface area contributed by atoms with Crippen molar-refractivity contribution >= 4 is 15.7 Å². The molecule has 1 aromatic carbocycles. The van der Waals surface area contributed by atoms with E-state index in [1.54, 1.807) is 18.2 Å². The lowest BCUT2D eigenvalue weighted by atomic mass is 10.1. The third-order valence-corrected chi connectivity index (χ3v) is 4.66. The van der Waals surface area contributed by atoms with Gasteiger partial charge in [-0.2, -0.15) is 0 Å². The van der Waals surface area contributed by atoms with Gasteiger partial charge in [0.1, 0.15) is 4.90 Å². The molecule has 0 aromatic heterocycles. The third-order valence-electron chi connectivity index (χ3n) is 2.79. The van der Waals surface area contributed by atoms with Gasteiger partial charge >= 0.3 is 0 Å². The van der Waals surface area contributed by atoms with Gasteiger partial charge in [-0.3, -0.25) is 0 Å². The van der Waals surface area contributed by atoms with Crippen molar-refractivity contribution in [3.05, 3.63) is 24.3 Å². The molecular formula is C11H17N3O2S. The van der Waals surface area contributed by atoms with Gasteiger partial charge in [-0.25, -0.2) is 12.7 Å². The summed E-state index contributed by atoms with van der Waals surface area (Å²) in [6, 6.07) is 7.32. The fourth-order valence-electron chi connectivity index (χ4n) is 1.62. The minimum Gasteiger partial charge on any atom is -0.379 e. The van der Waals surface area contributed by atoms with Gasteiger partial charge in [0, 0.05) is 27.2 Å². The topological polar surface area (TPSA) is 61.4 Å². The van der Waals surface area contributed by atoms with E-state index in [-0.39, 0.29) is 0 Å². The van der Waals surface area contributed by atoms with Crippen LogP contribution in [0.25, 0.3) is 0 Å². The summed E-state index contributed by atoms with van der Waals surface area (Å²) in [7, 11) is -0.309. The van der Waals surface area contributed by atoms with Gasteiger partial charge in [0.05, 0.1) is 11.7 Å². The summed E-state index contributed by atoms with van der Waals surface area (Å²) >= 11 is 0. The first kappa shape index (κ1) is 12.3. The van der Waals surface area contributed by atoms with Crippen LogP contribution in [0, 0.1) is 0 Å². The van der Waals surface area contributed by atoms with Crippen molar-refractivity contribution in [2.45, 2.75) is 10.9 Å². The number of nitrogens with one attached hydrogen (secondary N) is 2. The number of hydrogen-bond acceptors (Lipinski definition) is 4. The number of benzene rings is 1. The molecule has 0 amide bonds. The highest BCUT2D eigenvalue weighted by Gasteiger charge is 2.23. The Morgan fingerprint density at radius 1 is 1.29 bits per heavy atom. The van der Waals surface area contributed by atoms with E-state index >= 15 is 0 Å².